The monoisotopic (exact) mass is 424 g/mol. The lowest BCUT2D eigenvalue weighted by Crippen LogP contribution is -2.36. The van der Waals surface area contributed by atoms with Crippen molar-refractivity contribution < 1.29 is 23.5 Å². The molecule has 0 radical (unpaired) electrons. The predicted molar refractivity (Wildman–Crippen MR) is 111 cm³/mol. The molecule has 2 aromatic heterocycles. The molecule has 0 bridgehead atoms. The molecule has 9 nitrogen and oxygen atoms in total. The van der Waals surface area contributed by atoms with E-state index in [1.807, 2.05) is 30.3 Å². The number of pyridine rings is 1. The molecule has 0 spiro atoms. The van der Waals surface area contributed by atoms with Crippen molar-refractivity contribution in [1.82, 2.24) is 20.0 Å². The van der Waals surface area contributed by atoms with E-state index in [0.717, 1.165) is 17.5 Å². The Hall–Kier alpha value is -3.46. The minimum absolute atomic E-state index is 0.195. The van der Waals surface area contributed by atoms with Crippen LogP contribution in [0.25, 0.3) is 11.5 Å². The molecule has 0 aliphatic carbocycles. The second-order valence-electron chi connectivity index (χ2n) is 7.15. The molecular weight excluding hydrogens is 400 g/mol. The third-order valence-electron chi connectivity index (χ3n) is 5.40. The summed E-state index contributed by atoms with van der Waals surface area (Å²) < 4.78 is 21.3. The van der Waals surface area contributed by atoms with E-state index in [2.05, 4.69) is 20.0 Å². The number of methoxy groups -OCH3 is 3. The summed E-state index contributed by atoms with van der Waals surface area (Å²) >= 11 is 0. The SMILES string of the molecule is COC(=O)C[C@@H]1c2cc(OC)c(OC)cc2CCN1Cc1nc(-c2ccccn2)no1. The van der Waals surface area contributed by atoms with E-state index in [1.165, 1.54) is 7.11 Å². The van der Waals surface area contributed by atoms with Gasteiger partial charge in [0.2, 0.25) is 11.7 Å². The molecule has 31 heavy (non-hydrogen) atoms. The highest BCUT2D eigenvalue weighted by Gasteiger charge is 2.32. The highest BCUT2D eigenvalue weighted by atomic mass is 16.5. The summed E-state index contributed by atoms with van der Waals surface area (Å²) in [7, 11) is 4.60. The van der Waals surface area contributed by atoms with Gasteiger partial charge in [0.1, 0.15) is 5.69 Å². The first-order valence-corrected chi connectivity index (χ1v) is 9.92. The van der Waals surface area contributed by atoms with Crippen LogP contribution in [-0.2, 0) is 22.5 Å². The van der Waals surface area contributed by atoms with E-state index in [4.69, 9.17) is 18.7 Å². The number of carbonyl (C=O) groups excluding carboxylic acids is 1. The number of ether oxygens (including phenoxy) is 3. The molecule has 0 saturated carbocycles. The van der Waals surface area contributed by atoms with Gasteiger partial charge in [0.15, 0.2) is 11.5 Å². The number of hydrogen-bond donors (Lipinski definition) is 0. The van der Waals surface area contributed by atoms with E-state index in [9.17, 15) is 4.79 Å². The highest BCUT2D eigenvalue weighted by Crippen LogP contribution is 2.40. The summed E-state index contributed by atoms with van der Waals surface area (Å²) in [6.45, 7) is 1.11. The zero-order valence-electron chi connectivity index (χ0n) is 17.7. The van der Waals surface area contributed by atoms with Crippen LogP contribution in [0.5, 0.6) is 11.5 Å². The lowest BCUT2D eigenvalue weighted by atomic mass is 9.90. The summed E-state index contributed by atoms with van der Waals surface area (Å²) in [5.74, 6) is 1.89. The van der Waals surface area contributed by atoms with Crippen molar-refractivity contribution in [2.75, 3.05) is 27.9 Å². The number of nitrogens with zero attached hydrogens (tertiary/aromatic N) is 4. The normalized spacial score (nSPS) is 15.9. The summed E-state index contributed by atoms with van der Waals surface area (Å²) in [6.07, 6.45) is 2.66. The largest absolute Gasteiger partial charge is 0.493 e. The first kappa shape index (κ1) is 20.8. The molecule has 0 fully saturated rings. The van der Waals surface area contributed by atoms with Gasteiger partial charge in [-0.2, -0.15) is 4.98 Å². The van der Waals surface area contributed by atoms with Crippen molar-refractivity contribution in [3.8, 4) is 23.0 Å². The number of carbonyl (C=O) groups is 1. The Bertz CT molecular complexity index is 1050. The van der Waals surface area contributed by atoms with Crippen LogP contribution in [0, 0.1) is 0 Å². The van der Waals surface area contributed by atoms with Gasteiger partial charge in [-0.3, -0.25) is 14.7 Å². The Labute approximate surface area is 179 Å². The predicted octanol–water partition coefficient (Wildman–Crippen LogP) is 2.81. The smallest absolute Gasteiger partial charge is 0.307 e. The van der Waals surface area contributed by atoms with Gasteiger partial charge in [0.25, 0.3) is 0 Å². The van der Waals surface area contributed by atoms with E-state index in [0.29, 0.717) is 42.0 Å². The molecular formula is C22H24N4O5. The van der Waals surface area contributed by atoms with Crippen molar-refractivity contribution in [2.24, 2.45) is 0 Å². The number of hydrogen-bond acceptors (Lipinski definition) is 9. The van der Waals surface area contributed by atoms with Crippen LogP contribution in [0.4, 0.5) is 0 Å². The van der Waals surface area contributed by atoms with Gasteiger partial charge in [-0.1, -0.05) is 11.2 Å². The van der Waals surface area contributed by atoms with Crippen LogP contribution in [0.2, 0.25) is 0 Å². The van der Waals surface area contributed by atoms with E-state index >= 15 is 0 Å². The summed E-state index contributed by atoms with van der Waals surface area (Å²) in [5, 5.41) is 4.05. The number of esters is 1. The van der Waals surface area contributed by atoms with E-state index < -0.39 is 0 Å². The third kappa shape index (κ3) is 4.36. The van der Waals surface area contributed by atoms with Gasteiger partial charge in [-0.25, -0.2) is 0 Å². The minimum Gasteiger partial charge on any atom is -0.493 e. The Morgan fingerprint density at radius 1 is 1.19 bits per heavy atom. The fourth-order valence-corrected chi connectivity index (χ4v) is 3.84. The molecule has 1 atom stereocenters. The van der Waals surface area contributed by atoms with Crippen LogP contribution in [0.15, 0.2) is 41.1 Å². The Morgan fingerprint density at radius 3 is 2.71 bits per heavy atom. The topological polar surface area (TPSA) is 99.8 Å². The summed E-state index contributed by atoms with van der Waals surface area (Å²) in [4.78, 5) is 23.1. The maximum Gasteiger partial charge on any atom is 0.307 e. The van der Waals surface area contributed by atoms with Crippen molar-refractivity contribution >= 4 is 5.97 Å². The van der Waals surface area contributed by atoms with Crippen LogP contribution in [-0.4, -0.2) is 53.9 Å². The summed E-state index contributed by atoms with van der Waals surface area (Å²) in [5.41, 5.74) is 2.76. The van der Waals surface area contributed by atoms with E-state index in [1.54, 1.807) is 20.4 Å². The molecule has 3 heterocycles. The number of rotatable bonds is 7. The molecule has 1 aromatic carbocycles. The molecule has 4 rings (SSSR count). The zero-order chi connectivity index (χ0) is 21.8. The van der Waals surface area contributed by atoms with Crippen LogP contribution >= 0.6 is 0 Å². The van der Waals surface area contributed by atoms with Crippen LogP contribution in [0.3, 0.4) is 0 Å². The first-order valence-electron chi connectivity index (χ1n) is 9.92. The lowest BCUT2D eigenvalue weighted by molar-refractivity contribution is -0.142. The number of aromatic nitrogens is 3. The Balaban J connectivity index is 1.63. The number of benzene rings is 1. The number of fused-ring (bicyclic) bond motifs is 1. The molecule has 1 aliphatic heterocycles. The molecule has 9 heteroatoms. The van der Waals surface area contributed by atoms with Gasteiger partial charge in [-0.05, 0) is 41.8 Å². The molecule has 0 amide bonds. The van der Waals surface area contributed by atoms with Crippen molar-refractivity contribution in [2.45, 2.75) is 25.4 Å². The molecule has 162 valence electrons. The van der Waals surface area contributed by atoms with Crippen molar-refractivity contribution in [3.63, 3.8) is 0 Å². The third-order valence-corrected chi connectivity index (χ3v) is 5.40. The van der Waals surface area contributed by atoms with Crippen LogP contribution in [0.1, 0.15) is 29.5 Å². The maximum atomic E-state index is 12.2. The summed E-state index contributed by atoms with van der Waals surface area (Å²) in [6, 6.07) is 9.21. The fraction of sp³-hybridized carbons (Fsp3) is 0.364. The van der Waals surface area contributed by atoms with Gasteiger partial charge in [0.05, 0.1) is 34.3 Å². The van der Waals surface area contributed by atoms with Gasteiger partial charge < -0.3 is 18.7 Å². The Kier molecular flexibility index (Phi) is 6.13. The molecule has 0 saturated heterocycles. The van der Waals surface area contributed by atoms with E-state index in [-0.39, 0.29) is 18.4 Å². The fourth-order valence-electron chi connectivity index (χ4n) is 3.84. The van der Waals surface area contributed by atoms with Crippen molar-refractivity contribution in [1.29, 1.82) is 0 Å². The molecule has 0 N–H and O–H groups in total. The lowest BCUT2D eigenvalue weighted by Gasteiger charge is -2.36. The van der Waals surface area contributed by atoms with Gasteiger partial charge >= 0.3 is 5.97 Å². The first-order chi connectivity index (χ1) is 15.1. The minimum atomic E-state index is -0.294. The highest BCUT2D eigenvalue weighted by molar-refractivity contribution is 5.70. The zero-order valence-corrected chi connectivity index (χ0v) is 17.7. The molecule has 1 aliphatic rings. The van der Waals surface area contributed by atoms with Gasteiger partial charge in [0, 0.05) is 18.8 Å². The average Bonchev–Trinajstić information content (AvgIpc) is 3.28. The van der Waals surface area contributed by atoms with Crippen LogP contribution < -0.4 is 9.47 Å². The van der Waals surface area contributed by atoms with Gasteiger partial charge in [-0.15, -0.1) is 0 Å². The average molecular weight is 424 g/mol. The molecule has 3 aromatic rings. The Morgan fingerprint density at radius 2 is 2.00 bits per heavy atom. The molecule has 0 unspecified atom stereocenters. The quantitative estimate of drug-likeness (QED) is 0.530. The standard InChI is InChI=1S/C22H24N4O5/c1-28-18-10-14-7-9-26(17(12-21(27)30-3)15(14)11-19(18)29-2)13-20-24-22(25-31-20)16-6-4-5-8-23-16/h4-6,8,10-11,17H,7,9,12-13H2,1-3H3/t17-/m1/s1. The second kappa shape index (κ2) is 9.13. The second-order valence-corrected chi connectivity index (χ2v) is 7.15. The van der Waals surface area contributed by atoms with Crippen molar-refractivity contribution in [3.05, 3.63) is 53.5 Å². The maximum absolute atomic E-state index is 12.2.